The minimum absolute atomic E-state index is 0.105. The molecule has 1 heterocycles. The predicted octanol–water partition coefficient (Wildman–Crippen LogP) is 3.86. The standard InChI is InChI=1S/C16H20ClNO/c1-12-9-13(2)11-18(10-12)16(19)8-5-14-3-6-15(17)7-4-14/h3-8,12-13H,9-11H2,1-2H3/b8-5+/t12-,13+. The van der Waals surface area contributed by atoms with E-state index in [2.05, 4.69) is 13.8 Å². The molecule has 0 N–H and O–H groups in total. The SMILES string of the molecule is C[C@@H]1C[C@H](C)CN(C(=O)/C=C/c2ccc(Cl)cc2)C1. The first-order valence-electron chi connectivity index (χ1n) is 6.77. The Bertz CT molecular complexity index is 456. The van der Waals surface area contributed by atoms with E-state index in [-0.39, 0.29) is 5.91 Å². The molecule has 19 heavy (non-hydrogen) atoms. The van der Waals surface area contributed by atoms with Crippen LogP contribution in [-0.4, -0.2) is 23.9 Å². The Labute approximate surface area is 120 Å². The summed E-state index contributed by atoms with van der Waals surface area (Å²) in [5.41, 5.74) is 0.996. The van der Waals surface area contributed by atoms with Crippen molar-refractivity contribution in [1.82, 2.24) is 4.90 Å². The molecule has 1 aliphatic rings. The molecule has 0 aromatic heterocycles. The van der Waals surface area contributed by atoms with Gasteiger partial charge < -0.3 is 4.90 Å². The van der Waals surface area contributed by atoms with Gasteiger partial charge in [0.15, 0.2) is 0 Å². The third-order valence-electron chi connectivity index (χ3n) is 3.47. The Hall–Kier alpha value is -1.28. The minimum atomic E-state index is 0.105. The molecule has 1 aromatic carbocycles. The van der Waals surface area contributed by atoms with E-state index in [1.54, 1.807) is 6.08 Å². The molecule has 0 unspecified atom stereocenters. The Morgan fingerprint density at radius 3 is 2.37 bits per heavy atom. The van der Waals surface area contributed by atoms with Gasteiger partial charge in [0.1, 0.15) is 0 Å². The molecule has 1 fully saturated rings. The third kappa shape index (κ3) is 4.10. The van der Waals surface area contributed by atoms with Gasteiger partial charge >= 0.3 is 0 Å². The zero-order valence-electron chi connectivity index (χ0n) is 11.5. The van der Waals surface area contributed by atoms with Crippen molar-refractivity contribution >= 4 is 23.6 Å². The van der Waals surface area contributed by atoms with Crippen LogP contribution >= 0.6 is 11.6 Å². The van der Waals surface area contributed by atoms with Crippen LogP contribution in [0, 0.1) is 11.8 Å². The number of amides is 1. The molecule has 1 aromatic rings. The number of likely N-dealkylation sites (tertiary alicyclic amines) is 1. The first-order valence-corrected chi connectivity index (χ1v) is 7.15. The van der Waals surface area contributed by atoms with Gasteiger partial charge in [0, 0.05) is 24.2 Å². The normalized spacial score (nSPS) is 23.8. The number of benzene rings is 1. The summed E-state index contributed by atoms with van der Waals surface area (Å²) >= 11 is 5.83. The van der Waals surface area contributed by atoms with E-state index in [9.17, 15) is 4.79 Å². The second-order valence-electron chi connectivity index (χ2n) is 5.57. The van der Waals surface area contributed by atoms with Gasteiger partial charge in [-0.2, -0.15) is 0 Å². The van der Waals surface area contributed by atoms with Gasteiger partial charge in [-0.05, 0) is 42.0 Å². The Kier molecular flexibility index (Phi) is 4.65. The van der Waals surface area contributed by atoms with Crippen molar-refractivity contribution in [3.05, 3.63) is 40.9 Å². The van der Waals surface area contributed by atoms with Gasteiger partial charge in [-0.15, -0.1) is 0 Å². The number of hydrogen-bond acceptors (Lipinski definition) is 1. The predicted molar refractivity (Wildman–Crippen MR) is 80.0 cm³/mol. The van der Waals surface area contributed by atoms with Crippen LogP contribution in [0.25, 0.3) is 6.08 Å². The highest BCUT2D eigenvalue weighted by molar-refractivity contribution is 6.30. The second-order valence-corrected chi connectivity index (χ2v) is 6.01. The summed E-state index contributed by atoms with van der Waals surface area (Å²) in [6.07, 6.45) is 4.72. The summed E-state index contributed by atoms with van der Waals surface area (Å²) in [4.78, 5) is 14.1. The van der Waals surface area contributed by atoms with Gasteiger partial charge in [-0.3, -0.25) is 4.79 Å². The summed E-state index contributed by atoms with van der Waals surface area (Å²) in [5, 5.41) is 0.710. The van der Waals surface area contributed by atoms with Crippen LogP contribution in [0.5, 0.6) is 0 Å². The molecule has 2 atom stereocenters. The summed E-state index contributed by atoms with van der Waals surface area (Å²) in [5.74, 6) is 1.29. The lowest BCUT2D eigenvalue weighted by Crippen LogP contribution is -2.41. The van der Waals surface area contributed by atoms with Gasteiger partial charge in [0.05, 0.1) is 0 Å². The first kappa shape index (κ1) is 14.1. The fourth-order valence-corrected chi connectivity index (χ4v) is 2.82. The van der Waals surface area contributed by atoms with Crippen molar-refractivity contribution in [2.24, 2.45) is 11.8 Å². The molecular formula is C16H20ClNO. The molecule has 1 saturated heterocycles. The van der Waals surface area contributed by atoms with Crippen LogP contribution in [-0.2, 0) is 4.79 Å². The van der Waals surface area contributed by atoms with Crippen LogP contribution in [0.15, 0.2) is 30.3 Å². The van der Waals surface area contributed by atoms with Crippen LogP contribution in [0.1, 0.15) is 25.8 Å². The molecule has 102 valence electrons. The molecule has 1 aliphatic heterocycles. The van der Waals surface area contributed by atoms with Crippen molar-refractivity contribution in [3.8, 4) is 0 Å². The molecule has 2 nitrogen and oxygen atoms in total. The molecule has 3 heteroatoms. The molecule has 2 rings (SSSR count). The number of halogens is 1. The second kappa shape index (κ2) is 6.25. The van der Waals surface area contributed by atoms with E-state index in [4.69, 9.17) is 11.6 Å². The smallest absolute Gasteiger partial charge is 0.246 e. The Morgan fingerprint density at radius 2 is 1.79 bits per heavy atom. The molecule has 0 radical (unpaired) electrons. The highest BCUT2D eigenvalue weighted by Crippen LogP contribution is 2.21. The van der Waals surface area contributed by atoms with E-state index in [1.807, 2.05) is 35.2 Å². The number of carbonyl (C=O) groups is 1. The number of carbonyl (C=O) groups excluding carboxylic acids is 1. The Balaban J connectivity index is 1.98. The van der Waals surface area contributed by atoms with Crippen molar-refractivity contribution in [1.29, 1.82) is 0 Å². The maximum Gasteiger partial charge on any atom is 0.246 e. The van der Waals surface area contributed by atoms with Crippen molar-refractivity contribution in [2.45, 2.75) is 20.3 Å². The molecule has 1 amide bonds. The van der Waals surface area contributed by atoms with Crippen LogP contribution < -0.4 is 0 Å². The molecular weight excluding hydrogens is 258 g/mol. The van der Waals surface area contributed by atoms with Gasteiger partial charge in [-0.25, -0.2) is 0 Å². The van der Waals surface area contributed by atoms with Crippen molar-refractivity contribution in [3.63, 3.8) is 0 Å². The molecule has 0 spiro atoms. The van der Waals surface area contributed by atoms with Gasteiger partial charge in [0.2, 0.25) is 5.91 Å². The summed E-state index contributed by atoms with van der Waals surface area (Å²) in [6.45, 7) is 6.15. The van der Waals surface area contributed by atoms with E-state index in [0.717, 1.165) is 18.7 Å². The first-order chi connectivity index (χ1) is 9.04. The molecule has 0 bridgehead atoms. The highest BCUT2D eigenvalue weighted by Gasteiger charge is 2.23. The average Bonchev–Trinajstić information content (AvgIpc) is 2.36. The largest absolute Gasteiger partial charge is 0.339 e. The summed E-state index contributed by atoms with van der Waals surface area (Å²) in [7, 11) is 0. The van der Waals surface area contributed by atoms with E-state index >= 15 is 0 Å². The van der Waals surface area contributed by atoms with Crippen molar-refractivity contribution < 1.29 is 4.79 Å². The lowest BCUT2D eigenvalue weighted by Gasteiger charge is -2.34. The number of piperidine rings is 1. The highest BCUT2D eigenvalue weighted by atomic mass is 35.5. The van der Waals surface area contributed by atoms with Crippen molar-refractivity contribution in [2.75, 3.05) is 13.1 Å². The number of hydrogen-bond donors (Lipinski definition) is 0. The molecule has 0 saturated carbocycles. The van der Waals surface area contributed by atoms with Crippen LogP contribution in [0.3, 0.4) is 0 Å². The van der Waals surface area contributed by atoms with E-state index in [1.165, 1.54) is 6.42 Å². The van der Waals surface area contributed by atoms with E-state index < -0.39 is 0 Å². The molecule has 0 aliphatic carbocycles. The fraction of sp³-hybridized carbons (Fsp3) is 0.438. The number of rotatable bonds is 2. The maximum absolute atomic E-state index is 12.1. The topological polar surface area (TPSA) is 20.3 Å². The Morgan fingerprint density at radius 1 is 1.21 bits per heavy atom. The maximum atomic E-state index is 12.1. The zero-order chi connectivity index (χ0) is 13.8. The average molecular weight is 278 g/mol. The quantitative estimate of drug-likeness (QED) is 0.752. The minimum Gasteiger partial charge on any atom is -0.339 e. The van der Waals surface area contributed by atoms with Gasteiger partial charge in [0.25, 0.3) is 0 Å². The van der Waals surface area contributed by atoms with Crippen LogP contribution in [0.4, 0.5) is 0 Å². The fourth-order valence-electron chi connectivity index (χ4n) is 2.69. The third-order valence-corrected chi connectivity index (χ3v) is 3.72. The lowest BCUT2D eigenvalue weighted by atomic mass is 9.92. The monoisotopic (exact) mass is 277 g/mol. The number of nitrogens with zero attached hydrogens (tertiary/aromatic N) is 1. The zero-order valence-corrected chi connectivity index (χ0v) is 12.2. The summed E-state index contributed by atoms with van der Waals surface area (Å²) < 4.78 is 0. The lowest BCUT2D eigenvalue weighted by molar-refractivity contribution is -0.128. The van der Waals surface area contributed by atoms with Gasteiger partial charge in [-0.1, -0.05) is 37.6 Å². The van der Waals surface area contributed by atoms with Crippen LogP contribution in [0.2, 0.25) is 5.02 Å². The summed E-state index contributed by atoms with van der Waals surface area (Å²) in [6, 6.07) is 7.48. The van der Waals surface area contributed by atoms with E-state index in [0.29, 0.717) is 16.9 Å².